The van der Waals surface area contributed by atoms with E-state index in [0.717, 1.165) is 44.6 Å². The highest BCUT2D eigenvalue weighted by Gasteiger charge is 2.25. The first-order valence-corrected chi connectivity index (χ1v) is 9.35. The van der Waals surface area contributed by atoms with Gasteiger partial charge in [-0.3, -0.25) is 9.48 Å². The Morgan fingerprint density at radius 2 is 2.04 bits per heavy atom. The molecule has 156 valence electrons. The van der Waals surface area contributed by atoms with Gasteiger partial charge in [-0.1, -0.05) is 30.3 Å². The monoisotopic (exact) mass is 427 g/mol. The minimum absolute atomic E-state index is 0. The van der Waals surface area contributed by atoms with E-state index in [1.165, 1.54) is 5.56 Å². The number of hydrogen-bond donors (Lipinski definition) is 2. The first-order chi connectivity index (χ1) is 12.7. The Morgan fingerprint density at radius 1 is 1.29 bits per heavy atom. The number of nitrogens with zero attached hydrogens (tertiary/aromatic N) is 3. The summed E-state index contributed by atoms with van der Waals surface area (Å²) in [5, 5.41) is 10.3. The molecular weight excluding hydrogens is 397 g/mol. The second kappa shape index (κ2) is 12.1. The molecule has 0 bridgehead atoms. The standard InChI is InChI=1S/C20H29N5O.2ClH/c1-21-19(18-13-23-24(2)15-18)20(26)22-12-17-9-11-25(14-17)10-8-16-6-4-3-5-7-16;;/h3-7,13,15,17,19,21H,8-12,14H2,1-2H3,(H,22,26);2*1H. The van der Waals surface area contributed by atoms with Crippen molar-refractivity contribution in [1.82, 2.24) is 25.3 Å². The summed E-state index contributed by atoms with van der Waals surface area (Å²) in [6, 6.07) is 10.3. The van der Waals surface area contributed by atoms with E-state index < -0.39 is 0 Å². The van der Waals surface area contributed by atoms with Gasteiger partial charge in [0.15, 0.2) is 0 Å². The van der Waals surface area contributed by atoms with Crippen molar-refractivity contribution in [3.05, 3.63) is 53.9 Å². The molecule has 0 spiro atoms. The average Bonchev–Trinajstić information content (AvgIpc) is 3.29. The number of hydrogen-bond acceptors (Lipinski definition) is 4. The van der Waals surface area contributed by atoms with E-state index in [-0.39, 0.29) is 36.8 Å². The lowest BCUT2D eigenvalue weighted by Crippen LogP contribution is -2.38. The third kappa shape index (κ3) is 6.78. The van der Waals surface area contributed by atoms with Crippen LogP contribution in [0.25, 0.3) is 0 Å². The molecule has 1 aromatic carbocycles. The Kier molecular flexibility index (Phi) is 10.5. The third-order valence-electron chi connectivity index (χ3n) is 5.10. The van der Waals surface area contributed by atoms with Gasteiger partial charge in [0, 0.05) is 38.4 Å². The average molecular weight is 428 g/mol. The van der Waals surface area contributed by atoms with Gasteiger partial charge >= 0.3 is 0 Å². The molecule has 2 atom stereocenters. The fourth-order valence-electron chi connectivity index (χ4n) is 3.60. The van der Waals surface area contributed by atoms with Gasteiger partial charge in [-0.25, -0.2) is 0 Å². The fraction of sp³-hybridized carbons (Fsp3) is 0.500. The lowest BCUT2D eigenvalue weighted by molar-refractivity contribution is -0.123. The van der Waals surface area contributed by atoms with Crippen molar-refractivity contribution < 1.29 is 4.79 Å². The van der Waals surface area contributed by atoms with Crippen molar-refractivity contribution in [3.8, 4) is 0 Å². The molecule has 1 saturated heterocycles. The SMILES string of the molecule is CNC(C(=O)NCC1CCN(CCc2ccccc2)C1)c1cnn(C)c1.Cl.Cl. The summed E-state index contributed by atoms with van der Waals surface area (Å²) in [5.74, 6) is 0.546. The summed E-state index contributed by atoms with van der Waals surface area (Å²) < 4.78 is 1.72. The van der Waals surface area contributed by atoms with E-state index >= 15 is 0 Å². The van der Waals surface area contributed by atoms with Gasteiger partial charge in [0.25, 0.3) is 0 Å². The van der Waals surface area contributed by atoms with Crippen LogP contribution in [0.15, 0.2) is 42.7 Å². The minimum Gasteiger partial charge on any atom is -0.354 e. The summed E-state index contributed by atoms with van der Waals surface area (Å²) in [6.45, 7) is 4.00. The minimum atomic E-state index is -0.348. The van der Waals surface area contributed by atoms with Crippen LogP contribution in [0.1, 0.15) is 23.6 Å². The van der Waals surface area contributed by atoms with Crippen molar-refractivity contribution in [3.63, 3.8) is 0 Å². The lowest BCUT2D eigenvalue weighted by Gasteiger charge is -2.18. The molecule has 1 fully saturated rings. The Morgan fingerprint density at radius 3 is 2.68 bits per heavy atom. The predicted molar refractivity (Wildman–Crippen MR) is 117 cm³/mol. The van der Waals surface area contributed by atoms with E-state index in [4.69, 9.17) is 0 Å². The Labute approximate surface area is 179 Å². The summed E-state index contributed by atoms with van der Waals surface area (Å²) in [6.07, 6.45) is 5.85. The molecule has 2 N–H and O–H groups in total. The molecule has 1 aliphatic heterocycles. The molecule has 1 aromatic heterocycles. The zero-order chi connectivity index (χ0) is 18.4. The maximum atomic E-state index is 12.5. The largest absolute Gasteiger partial charge is 0.354 e. The number of carbonyl (C=O) groups excluding carboxylic acids is 1. The molecule has 0 saturated carbocycles. The first kappa shape index (κ1) is 24.4. The van der Waals surface area contributed by atoms with Gasteiger partial charge < -0.3 is 15.5 Å². The van der Waals surface area contributed by atoms with Crippen LogP contribution in [-0.4, -0.2) is 53.8 Å². The molecule has 2 unspecified atom stereocenters. The topological polar surface area (TPSA) is 62.2 Å². The second-order valence-electron chi connectivity index (χ2n) is 7.11. The van der Waals surface area contributed by atoms with E-state index in [2.05, 4.69) is 51.0 Å². The third-order valence-corrected chi connectivity index (χ3v) is 5.10. The molecule has 2 heterocycles. The molecule has 0 aliphatic carbocycles. The van der Waals surface area contributed by atoms with Crippen LogP contribution < -0.4 is 10.6 Å². The van der Waals surface area contributed by atoms with Gasteiger partial charge in [-0.15, -0.1) is 24.8 Å². The van der Waals surface area contributed by atoms with Gasteiger partial charge in [0.2, 0.25) is 5.91 Å². The first-order valence-electron chi connectivity index (χ1n) is 9.35. The van der Waals surface area contributed by atoms with E-state index in [1.807, 2.05) is 13.2 Å². The molecular formula is C20H31Cl2N5O. The molecule has 0 radical (unpaired) electrons. The highest BCUT2D eigenvalue weighted by atomic mass is 35.5. The van der Waals surface area contributed by atoms with Gasteiger partial charge in [0.05, 0.1) is 6.20 Å². The predicted octanol–water partition coefficient (Wildman–Crippen LogP) is 2.21. The normalized spacial score (nSPS) is 17.4. The quantitative estimate of drug-likeness (QED) is 0.677. The van der Waals surface area contributed by atoms with Crippen LogP contribution in [0.4, 0.5) is 0 Å². The number of rotatable bonds is 8. The van der Waals surface area contributed by atoms with Crippen LogP contribution in [0, 0.1) is 5.92 Å². The second-order valence-corrected chi connectivity index (χ2v) is 7.11. The van der Waals surface area contributed by atoms with Crippen LogP contribution in [0.5, 0.6) is 0 Å². The maximum Gasteiger partial charge on any atom is 0.241 e. The van der Waals surface area contributed by atoms with Crippen LogP contribution in [0.3, 0.4) is 0 Å². The number of carbonyl (C=O) groups is 1. The van der Waals surface area contributed by atoms with Crippen LogP contribution in [0.2, 0.25) is 0 Å². The van der Waals surface area contributed by atoms with Crippen LogP contribution in [-0.2, 0) is 18.3 Å². The fourth-order valence-corrected chi connectivity index (χ4v) is 3.60. The zero-order valence-corrected chi connectivity index (χ0v) is 18.1. The van der Waals surface area contributed by atoms with Gasteiger partial charge in [0.1, 0.15) is 6.04 Å². The molecule has 28 heavy (non-hydrogen) atoms. The highest BCUT2D eigenvalue weighted by molar-refractivity contribution is 5.85. The Balaban J connectivity index is 0.00000196. The molecule has 8 heteroatoms. The molecule has 3 rings (SSSR count). The molecule has 2 aromatic rings. The number of halogens is 2. The van der Waals surface area contributed by atoms with E-state index in [1.54, 1.807) is 17.9 Å². The van der Waals surface area contributed by atoms with Crippen molar-refractivity contribution in [2.45, 2.75) is 18.9 Å². The van der Waals surface area contributed by atoms with E-state index in [0.29, 0.717) is 5.92 Å². The van der Waals surface area contributed by atoms with Crippen molar-refractivity contribution >= 4 is 30.7 Å². The number of nitrogens with one attached hydrogen (secondary N) is 2. The van der Waals surface area contributed by atoms with E-state index in [9.17, 15) is 4.79 Å². The van der Waals surface area contributed by atoms with Gasteiger partial charge in [-0.05, 0) is 37.9 Å². The van der Waals surface area contributed by atoms with Crippen molar-refractivity contribution in [2.75, 3.05) is 33.2 Å². The summed E-state index contributed by atoms with van der Waals surface area (Å²) in [7, 11) is 3.66. The smallest absolute Gasteiger partial charge is 0.241 e. The number of likely N-dealkylation sites (tertiary alicyclic amines) is 1. The number of benzene rings is 1. The van der Waals surface area contributed by atoms with Crippen molar-refractivity contribution in [2.24, 2.45) is 13.0 Å². The summed E-state index contributed by atoms with van der Waals surface area (Å²) in [4.78, 5) is 15.0. The maximum absolute atomic E-state index is 12.5. The molecule has 1 amide bonds. The number of aryl methyl sites for hydroxylation is 1. The van der Waals surface area contributed by atoms with Crippen LogP contribution >= 0.6 is 24.8 Å². The number of likely N-dealkylation sites (N-methyl/N-ethyl adjacent to an activating group) is 1. The lowest BCUT2D eigenvalue weighted by atomic mass is 10.1. The highest BCUT2D eigenvalue weighted by Crippen LogP contribution is 2.17. The Bertz CT molecular complexity index is 710. The number of amides is 1. The Hall–Kier alpha value is -1.60. The summed E-state index contributed by atoms with van der Waals surface area (Å²) in [5.41, 5.74) is 2.28. The zero-order valence-electron chi connectivity index (χ0n) is 16.5. The van der Waals surface area contributed by atoms with Crippen molar-refractivity contribution in [1.29, 1.82) is 0 Å². The molecule has 6 nitrogen and oxygen atoms in total. The van der Waals surface area contributed by atoms with Gasteiger partial charge in [-0.2, -0.15) is 5.10 Å². The summed E-state index contributed by atoms with van der Waals surface area (Å²) >= 11 is 0. The molecule has 1 aliphatic rings. The number of aromatic nitrogens is 2.